The van der Waals surface area contributed by atoms with Crippen LogP contribution >= 0.6 is 11.6 Å². The van der Waals surface area contributed by atoms with Crippen molar-refractivity contribution in [2.75, 3.05) is 18.4 Å². The summed E-state index contributed by atoms with van der Waals surface area (Å²) in [5.41, 5.74) is 3.84. The Bertz CT molecular complexity index is 1360. The Hall–Kier alpha value is -2.94. The van der Waals surface area contributed by atoms with Gasteiger partial charge < -0.3 is 9.84 Å². The third kappa shape index (κ3) is 5.66. The second kappa shape index (κ2) is 10.4. The Balaban J connectivity index is 1.52. The van der Waals surface area contributed by atoms with Crippen molar-refractivity contribution >= 4 is 45.4 Å². The molecule has 4 rings (SSSR count). The van der Waals surface area contributed by atoms with Crippen LogP contribution in [0.15, 0.2) is 51.9 Å². The summed E-state index contributed by atoms with van der Waals surface area (Å²) in [6.45, 7) is 5.90. The molecule has 3 aromatic rings. The Morgan fingerprint density at radius 1 is 1.14 bits per heavy atom. The summed E-state index contributed by atoms with van der Waals surface area (Å²) in [7, 11) is -3.92. The van der Waals surface area contributed by atoms with Gasteiger partial charge in [-0.05, 0) is 62.9 Å². The number of nitrogens with one attached hydrogen (secondary N) is 1. The van der Waals surface area contributed by atoms with Crippen LogP contribution in [0.25, 0.3) is 12.2 Å². The number of amides is 1. The molecule has 0 spiro atoms. The summed E-state index contributed by atoms with van der Waals surface area (Å²) < 4.78 is 33.9. The minimum absolute atomic E-state index is 0.0345. The molecule has 2 aromatic carbocycles. The predicted molar refractivity (Wildman–Crippen MR) is 138 cm³/mol. The molecule has 1 amide bonds. The molecule has 0 radical (unpaired) electrons. The quantitative estimate of drug-likeness (QED) is 0.472. The Morgan fingerprint density at radius 3 is 2.60 bits per heavy atom. The maximum Gasteiger partial charge on any atom is 0.248 e. The van der Waals surface area contributed by atoms with Crippen molar-refractivity contribution in [3.8, 4) is 0 Å². The number of aryl methyl sites for hydroxylation is 3. The smallest absolute Gasteiger partial charge is 0.248 e. The van der Waals surface area contributed by atoms with E-state index in [-0.39, 0.29) is 28.8 Å². The van der Waals surface area contributed by atoms with E-state index in [9.17, 15) is 13.2 Å². The maximum atomic E-state index is 13.6. The van der Waals surface area contributed by atoms with Crippen LogP contribution in [0.3, 0.4) is 0 Å². The summed E-state index contributed by atoms with van der Waals surface area (Å²) in [6.07, 6.45) is 4.58. The van der Waals surface area contributed by atoms with Crippen LogP contribution in [0.2, 0.25) is 5.02 Å². The highest BCUT2D eigenvalue weighted by molar-refractivity contribution is 7.89. The van der Waals surface area contributed by atoms with E-state index in [0.717, 1.165) is 16.7 Å². The summed E-state index contributed by atoms with van der Waals surface area (Å²) in [4.78, 5) is 13.0. The van der Waals surface area contributed by atoms with Crippen LogP contribution in [0.5, 0.6) is 0 Å². The average Bonchev–Trinajstić information content (AvgIpc) is 3.22. The molecule has 0 aliphatic carbocycles. The van der Waals surface area contributed by atoms with E-state index in [2.05, 4.69) is 10.5 Å². The number of hydrogen-bond acceptors (Lipinski definition) is 5. The predicted octanol–water partition coefficient (Wildman–Crippen LogP) is 5.46. The lowest BCUT2D eigenvalue weighted by molar-refractivity contribution is -0.120. The average molecular weight is 514 g/mol. The molecule has 1 fully saturated rings. The highest BCUT2D eigenvalue weighted by Gasteiger charge is 2.37. The molecule has 1 atom stereocenters. The van der Waals surface area contributed by atoms with Gasteiger partial charge in [-0.3, -0.25) is 4.79 Å². The molecule has 0 unspecified atom stereocenters. The van der Waals surface area contributed by atoms with Crippen LogP contribution in [0, 0.1) is 26.7 Å². The molecule has 1 saturated heterocycles. The third-order valence-electron chi connectivity index (χ3n) is 6.13. The van der Waals surface area contributed by atoms with E-state index in [4.69, 9.17) is 16.1 Å². The fraction of sp³-hybridized carbons (Fsp3) is 0.308. The van der Waals surface area contributed by atoms with E-state index < -0.39 is 15.9 Å². The van der Waals surface area contributed by atoms with Crippen molar-refractivity contribution in [2.24, 2.45) is 5.92 Å². The number of anilines is 1. The zero-order chi connectivity index (χ0) is 25.2. The lowest BCUT2D eigenvalue weighted by Gasteiger charge is -2.31. The number of piperidine rings is 1. The first-order valence-electron chi connectivity index (χ1n) is 11.4. The van der Waals surface area contributed by atoms with Gasteiger partial charge in [-0.15, -0.1) is 0 Å². The summed E-state index contributed by atoms with van der Waals surface area (Å²) in [6, 6.07) is 13.1. The van der Waals surface area contributed by atoms with Gasteiger partial charge in [-0.2, -0.15) is 4.31 Å². The summed E-state index contributed by atoms with van der Waals surface area (Å²) >= 11 is 6.17. The molecule has 184 valence electrons. The van der Waals surface area contributed by atoms with E-state index in [0.29, 0.717) is 30.1 Å². The number of sulfonamides is 1. The minimum Gasteiger partial charge on any atom is -0.355 e. The third-order valence-corrected chi connectivity index (χ3v) is 8.56. The van der Waals surface area contributed by atoms with Gasteiger partial charge in [0.05, 0.1) is 5.92 Å². The van der Waals surface area contributed by atoms with Crippen molar-refractivity contribution < 1.29 is 17.7 Å². The molecular weight excluding hydrogens is 486 g/mol. The van der Waals surface area contributed by atoms with Crippen molar-refractivity contribution in [1.82, 2.24) is 9.46 Å². The summed E-state index contributed by atoms with van der Waals surface area (Å²) in [5.74, 6) is -0.541. The lowest BCUT2D eigenvalue weighted by atomic mass is 9.98. The zero-order valence-electron chi connectivity index (χ0n) is 19.9. The molecule has 35 heavy (non-hydrogen) atoms. The normalized spacial score (nSPS) is 17.1. The van der Waals surface area contributed by atoms with Gasteiger partial charge in [0.2, 0.25) is 15.9 Å². The van der Waals surface area contributed by atoms with Crippen molar-refractivity contribution in [2.45, 2.75) is 38.5 Å². The highest BCUT2D eigenvalue weighted by Crippen LogP contribution is 2.30. The second-order valence-electron chi connectivity index (χ2n) is 8.86. The summed E-state index contributed by atoms with van der Waals surface area (Å²) in [5, 5.41) is 7.33. The molecule has 2 heterocycles. The van der Waals surface area contributed by atoms with Crippen LogP contribution in [0.4, 0.5) is 5.69 Å². The molecule has 7 nitrogen and oxygen atoms in total. The number of benzene rings is 2. The molecule has 0 saturated carbocycles. The first-order valence-corrected chi connectivity index (χ1v) is 13.2. The van der Waals surface area contributed by atoms with E-state index >= 15 is 0 Å². The number of halogens is 1. The van der Waals surface area contributed by atoms with Crippen LogP contribution in [-0.4, -0.2) is 36.9 Å². The van der Waals surface area contributed by atoms with Crippen molar-refractivity contribution in [3.05, 3.63) is 75.6 Å². The number of carbonyl (C=O) groups excluding carboxylic acids is 1. The minimum atomic E-state index is -3.92. The monoisotopic (exact) mass is 513 g/mol. The van der Waals surface area contributed by atoms with Gasteiger partial charge in [0.15, 0.2) is 10.7 Å². The van der Waals surface area contributed by atoms with Gasteiger partial charge in [0, 0.05) is 23.8 Å². The highest BCUT2D eigenvalue weighted by atomic mass is 35.5. The van der Waals surface area contributed by atoms with E-state index in [1.165, 1.54) is 4.31 Å². The van der Waals surface area contributed by atoms with Crippen LogP contribution < -0.4 is 5.32 Å². The zero-order valence-corrected chi connectivity index (χ0v) is 21.5. The Kier molecular flexibility index (Phi) is 7.44. The largest absolute Gasteiger partial charge is 0.355 e. The lowest BCUT2D eigenvalue weighted by Crippen LogP contribution is -2.43. The number of aromatic nitrogens is 1. The Morgan fingerprint density at radius 2 is 1.89 bits per heavy atom. The van der Waals surface area contributed by atoms with Crippen LogP contribution in [-0.2, 0) is 14.8 Å². The first-order chi connectivity index (χ1) is 16.6. The Labute approximate surface area is 210 Å². The topological polar surface area (TPSA) is 92.5 Å². The molecule has 1 aromatic heterocycles. The fourth-order valence-electron chi connectivity index (χ4n) is 4.07. The van der Waals surface area contributed by atoms with Crippen molar-refractivity contribution in [1.29, 1.82) is 0 Å². The fourth-order valence-corrected chi connectivity index (χ4v) is 6.02. The van der Waals surface area contributed by atoms with Gasteiger partial charge >= 0.3 is 0 Å². The molecule has 1 N–H and O–H groups in total. The van der Waals surface area contributed by atoms with Crippen molar-refractivity contribution in [3.63, 3.8) is 0 Å². The molecule has 1 aliphatic rings. The van der Waals surface area contributed by atoms with E-state index in [1.54, 1.807) is 31.2 Å². The standard InChI is InChI=1S/C26H28ClN3O4S/c1-17-6-9-20(10-7-17)11-13-24-25(19(3)29-34-24)35(32,33)30-14-4-5-21(16-30)26(31)28-22-12-8-18(2)23(27)15-22/h6-13,15,21H,4-5,14,16H2,1-3H3,(H,28,31)/b13-11+/t21-/m0/s1. The number of nitrogens with zero attached hydrogens (tertiary/aromatic N) is 2. The SMILES string of the molecule is Cc1ccc(/C=C/c2onc(C)c2S(=O)(=O)N2CCC[C@H](C(=O)Nc3ccc(C)c(Cl)c3)C2)cc1. The maximum absolute atomic E-state index is 13.6. The number of carbonyl (C=O) groups is 1. The van der Waals surface area contributed by atoms with Gasteiger partial charge in [0.25, 0.3) is 0 Å². The molecular formula is C26H28ClN3O4S. The van der Waals surface area contributed by atoms with Crippen LogP contribution in [0.1, 0.15) is 41.0 Å². The molecule has 0 bridgehead atoms. The number of rotatable bonds is 6. The number of hydrogen-bond donors (Lipinski definition) is 1. The van der Waals surface area contributed by atoms with Gasteiger partial charge in [-0.25, -0.2) is 8.42 Å². The van der Waals surface area contributed by atoms with Gasteiger partial charge in [0.1, 0.15) is 5.69 Å². The molecule has 1 aliphatic heterocycles. The molecule has 9 heteroatoms. The first kappa shape index (κ1) is 25.2. The van der Waals surface area contributed by atoms with Gasteiger partial charge in [-0.1, -0.05) is 58.7 Å². The van der Waals surface area contributed by atoms with E-state index in [1.807, 2.05) is 44.2 Å². The second-order valence-corrected chi connectivity index (χ2v) is 11.1.